The smallest absolute Gasteiger partial charge is 0.369 e. The third-order valence-corrected chi connectivity index (χ3v) is 3.16. The molecule has 1 aromatic carbocycles. The Bertz CT molecular complexity index is 624. The normalized spacial score (nSPS) is 10.6. The van der Waals surface area contributed by atoms with Gasteiger partial charge in [0.2, 0.25) is 5.75 Å². The molecule has 0 radical (unpaired) electrons. The van der Waals surface area contributed by atoms with E-state index in [0.29, 0.717) is 15.6 Å². The molecular weight excluding hydrogens is 325 g/mol. The van der Waals surface area contributed by atoms with Gasteiger partial charge in [-0.3, -0.25) is 0 Å². The third-order valence-electron chi connectivity index (χ3n) is 2.44. The van der Waals surface area contributed by atoms with Crippen LogP contribution in [-0.2, 0) is 6.42 Å². The summed E-state index contributed by atoms with van der Waals surface area (Å²) in [4.78, 5) is 11.1. The molecule has 106 valence electrons. The predicted molar refractivity (Wildman–Crippen MR) is 77.8 cm³/mol. The molecule has 0 atom stereocenters. The fourth-order valence-electron chi connectivity index (χ4n) is 1.65. The SMILES string of the molecule is O=C(S)Oc1c(-c2c(Cl)cccc2Cl)noc1CCO. The van der Waals surface area contributed by atoms with Crippen LogP contribution in [0.25, 0.3) is 11.3 Å². The maximum absolute atomic E-state index is 11.1. The summed E-state index contributed by atoms with van der Waals surface area (Å²) in [5.41, 5.74) is 0.569. The molecule has 2 aromatic rings. The number of rotatable bonds is 4. The first-order valence-corrected chi connectivity index (χ1v) is 6.69. The van der Waals surface area contributed by atoms with Crippen molar-refractivity contribution in [1.29, 1.82) is 0 Å². The molecule has 0 spiro atoms. The second-order valence-electron chi connectivity index (χ2n) is 3.72. The lowest BCUT2D eigenvalue weighted by atomic mass is 10.1. The van der Waals surface area contributed by atoms with E-state index in [2.05, 4.69) is 17.8 Å². The minimum Gasteiger partial charge on any atom is -0.412 e. The number of nitrogens with zero attached hydrogens (tertiary/aromatic N) is 1. The molecule has 0 fully saturated rings. The van der Waals surface area contributed by atoms with Gasteiger partial charge in [-0.2, -0.15) is 0 Å². The van der Waals surface area contributed by atoms with Gasteiger partial charge in [0.25, 0.3) is 0 Å². The van der Waals surface area contributed by atoms with Gasteiger partial charge in [-0.25, -0.2) is 4.79 Å². The Morgan fingerprint density at radius 1 is 1.40 bits per heavy atom. The average Bonchev–Trinajstić information content (AvgIpc) is 2.73. The van der Waals surface area contributed by atoms with Gasteiger partial charge in [-0.1, -0.05) is 47.1 Å². The van der Waals surface area contributed by atoms with E-state index in [1.54, 1.807) is 18.2 Å². The molecule has 8 heteroatoms. The van der Waals surface area contributed by atoms with E-state index in [9.17, 15) is 4.79 Å². The monoisotopic (exact) mass is 333 g/mol. The van der Waals surface area contributed by atoms with Crippen LogP contribution in [-0.4, -0.2) is 22.2 Å². The van der Waals surface area contributed by atoms with Gasteiger partial charge in [-0.05, 0) is 12.1 Å². The summed E-state index contributed by atoms with van der Waals surface area (Å²) in [7, 11) is 0. The molecule has 0 aliphatic heterocycles. The Kier molecular flexibility index (Phi) is 4.93. The minimum atomic E-state index is -0.836. The molecule has 0 aliphatic carbocycles. The van der Waals surface area contributed by atoms with Crippen LogP contribution in [0.4, 0.5) is 4.79 Å². The highest BCUT2D eigenvalue weighted by Gasteiger charge is 2.24. The second kappa shape index (κ2) is 6.49. The van der Waals surface area contributed by atoms with E-state index in [1.165, 1.54) is 0 Å². The third kappa shape index (κ3) is 3.09. The quantitative estimate of drug-likeness (QED) is 0.660. The Hall–Kier alpha value is -1.21. The van der Waals surface area contributed by atoms with Gasteiger partial charge in [0.1, 0.15) is 0 Å². The Morgan fingerprint density at radius 3 is 2.60 bits per heavy atom. The van der Waals surface area contributed by atoms with Crippen LogP contribution in [0.15, 0.2) is 22.7 Å². The topological polar surface area (TPSA) is 72.6 Å². The highest BCUT2D eigenvalue weighted by Crippen LogP contribution is 2.41. The van der Waals surface area contributed by atoms with Crippen molar-refractivity contribution in [2.24, 2.45) is 0 Å². The van der Waals surface area contributed by atoms with Crippen molar-refractivity contribution in [1.82, 2.24) is 5.16 Å². The molecule has 0 aliphatic rings. The zero-order valence-electron chi connectivity index (χ0n) is 9.97. The first kappa shape index (κ1) is 15.2. The van der Waals surface area contributed by atoms with Crippen LogP contribution < -0.4 is 4.74 Å². The van der Waals surface area contributed by atoms with Crippen LogP contribution >= 0.6 is 35.8 Å². The van der Waals surface area contributed by atoms with Gasteiger partial charge in [0.05, 0.1) is 16.7 Å². The predicted octanol–water partition coefficient (Wildman–Crippen LogP) is 3.61. The molecule has 20 heavy (non-hydrogen) atoms. The van der Waals surface area contributed by atoms with E-state index in [0.717, 1.165) is 0 Å². The first-order chi connectivity index (χ1) is 9.54. The van der Waals surface area contributed by atoms with Crippen LogP contribution in [0.1, 0.15) is 5.76 Å². The number of hydrogen-bond acceptors (Lipinski definition) is 5. The van der Waals surface area contributed by atoms with Crippen molar-refractivity contribution in [3.05, 3.63) is 34.0 Å². The molecule has 2 rings (SSSR count). The summed E-state index contributed by atoms with van der Waals surface area (Å²) in [5, 5.41) is 12.6. The zero-order valence-corrected chi connectivity index (χ0v) is 12.4. The van der Waals surface area contributed by atoms with E-state index in [4.69, 9.17) is 37.6 Å². The number of thiol groups is 1. The molecular formula is C12H9Cl2NO4S. The van der Waals surface area contributed by atoms with Gasteiger partial charge in [0, 0.05) is 12.0 Å². The number of carbonyl (C=O) groups is 1. The summed E-state index contributed by atoms with van der Waals surface area (Å²) in [6.07, 6.45) is 0.130. The molecule has 0 saturated heterocycles. The van der Waals surface area contributed by atoms with E-state index < -0.39 is 5.30 Å². The molecule has 0 saturated carbocycles. The summed E-state index contributed by atoms with van der Waals surface area (Å²) in [5.74, 6) is 0.259. The summed E-state index contributed by atoms with van der Waals surface area (Å²) in [6, 6.07) is 4.91. The van der Waals surface area contributed by atoms with Crippen LogP contribution in [0.3, 0.4) is 0 Å². The number of ether oxygens (including phenoxy) is 1. The Morgan fingerprint density at radius 2 is 2.05 bits per heavy atom. The van der Waals surface area contributed by atoms with Crippen molar-refractivity contribution in [2.75, 3.05) is 6.61 Å². The molecule has 1 heterocycles. The van der Waals surface area contributed by atoms with E-state index in [1.807, 2.05) is 0 Å². The van der Waals surface area contributed by atoms with Gasteiger partial charge in [0.15, 0.2) is 11.5 Å². The fourth-order valence-corrected chi connectivity index (χ4v) is 2.32. The Balaban J connectivity index is 2.59. The van der Waals surface area contributed by atoms with Crippen LogP contribution in [0.2, 0.25) is 10.0 Å². The van der Waals surface area contributed by atoms with Crippen molar-refractivity contribution < 1.29 is 19.2 Å². The summed E-state index contributed by atoms with van der Waals surface area (Å²) >= 11 is 15.7. The molecule has 5 nitrogen and oxygen atoms in total. The van der Waals surface area contributed by atoms with Crippen LogP contribution in [0, 0.1) is 0 Å². The average molecular weight is 334 g/mol. The summed E-state index contributed by atoms with van der Waals surface area (Å²) < 4.78 is 10.0. The van der Waals surface area contributed by atoms with Crippen molar-refractivity contribution in [3.8, 4) is 17.0 Å². The van der Waals surface area contributed by atoms with E-state index in [-0.39, 0.29) is 30.2 Å². The summed E-state index contributed by atoms with van der Waals surface area (Å²) in [6.45, 7) is -0.192. The van der Waals surface area contributed by atoms with Gasteiger partial charge < -0.3 is 14.4 Å². The Labute approximate surface area is 129 Å². The maximum Gasteiger partial charge on any atom is 0.369 e. The number of aliphatic hydroxyl groups is 1. The largest absolute Gasteiger partial charge is 0.412 e. The molecule has 1 aromatic heterocycles. The minimum absolute atomic E-state index is 0.0500. The highest BCUT2D eigenvalue weighted by molar-refractivity contribution is 7.96. The molecule has 0 amide bonds. The number of hydrogen-bond donors (Lipinski definition) is 2. The standard InChI is InChI=1S/C12H9Cl2NO4S/c13-6-2-1-3-7(14)9(6)10-11(18-12(17)20)8(4-5-16)19-15-10/h1-3,16H,4-5H2,(H,17,20). The number of carbonyl (C=O) groups excluding carboxylic acids is 1. The molecule has 1 N–H and O–H groups in total. The lowest BCUT2D eigenvalue weighted by Crippen LogP contribution is -2.01. The van der Waals surface area contributed by atoms with Crippen molar-refractivity contribution in [3.63, 3.8) is 0 Å². The van der Waals surface area contributed by atoms with Crippen molar-refractivity contribution in [2.45, 2.75) is 6.42 Å². The lowest BCUT2D eigenvalue weighted by Gasteiger charge is -2.06. The highest BCUT2D eigenvalue weighted by atomic mass is 35.5. The number of halogens is 2. The lowest BCUT2D eigenvalue weighted by molar-refractivity contribution is 0.224. The number of aliphatic hydroxyl groups excluding tert-OH is 1. The first-order valence-electron chi connectivity index (χ1n) is 5.49. The van der Waals surface area contributed by atoms with Crippen molar-refractivity contribution >= 4 is 41.1 Å². The number of benzene rings is 1. The molecule has 0 unspecified atom stereocenters. The van der Waals surface area contributed by atoms with Gasteiger partial charge >= 0.3 is 5.30 Å². The number of aromatic nitrogens is 1. The van der Waals surface area contributed by atoms with Gasteiger partial charge in [-0.15, -0.1) is 0 Å². The fraction of sp³-hybridized carbons (Fsp3) is 0.167. The van der Waals surface area contributed by atoms with E-state index >= 15 is 0 Å². The van der Waals surface area contributed by atoms with Crippen LogP contribution in [0.5, 0.6) is 5.75 Å². The second-order valence-corrected chi connectivity index (χ2v) is 4.90. The maximum atomic E-state index is 11.1. The zero-order chi connectivity index (χ0) is 14.7. The molecule has 0 bridgehead atoms.